The van der Waals surface area contributed by atoms with Crippen LogP contribution in [0.25, 0.3) is 0 Å². The molecule has 1 heterocycles. The normalized spacial score (nSPS) is 14.9. The van der Waals surface area contributed by atoms with E-state index in [-0.39, 0.29) is 19.3 Å². The van der Waals surface area contributed by atoms with E-state index in [9.17, 15) is 24.0 Å². The Hall–Kier alpha value is -2.51. The molecule has 0 saturated carbocycles. The monoisotopic (exact) mass is 268 g/mol. The summed E-state index contributed by atoms with van der Waals surface area (Å²) in [5, 5.41) is 0.353. The maximum Gasteiger partial charge on any atom is 0.352 e. The number of nitrogens with zero attached hydrogens (tertiary/aromatic N) is 2. The molecule has 1 fully saturated rings. The molecule has 0 aromatic rings. The van der Waals surface area contributed by atoms with Gasteiger partial charge in [-0.2, -0.15) is 0 Å². The van der Waals surface area contributed by atoms with Gasteiger partial charge in [0, 0.05) is 12.8 Å². The first-order chi connectivity index (χ1) is 8.99. The molecule has 0 unspecified atom stereocenters. The van der Waals surface area contributed by atoms with Crippen LogP contribution in [0.5, 0.6) is 0 Å². The lowest BCUT2D eigenvalue weighted by Gasteiger charge is -2.15. The number of hydroxylamine groups is 2. The van der Waals surface area contributed by atoms with Crippen LogP contribution in [-0.4, -0.2) is 46.6 Å². The third-order valence-corrected chi connectivity index (χ3v) is 2.22. The van der Waals surface area contributed by atoms with Gasteiger partial charge in [-0.1, -0.05) is 6.08 Å². The van der Waals surface area contributed by atoms with E-state index in [1.54, 1.807) is 6.92 Å². The number of imide groups is 2. The Labute approximate surface area is 108 Å². The number of amides is 4. The van der Waals surface area contributed by atoms with Gasteiger partial charge in [0.1, 0.15) is 6.54 Å². The predicted molar refractivity (Wildman–Crippen MR) is 59.8 cm³/mol. The van der Waals surface area contributed by atoms with E-state index in [0.29, 0.717) is 9.96 Å². The smallest absolute Gasteiger partial charge is 0.328 e. The van der Waals surface area contributed by atoms with Crippen LogP contribution in [0.2, 0.25) is 0 Å². The van der Waals surface area contributed by atoms with Gasteiger partial charge >= 0.3 is 5.97 Å². The molecule has 0 spiro atoms. The minimum atomic E-state index is -1.05. The Balaban J connectivity index is 2.59. The molecule has 8 heteroatoms. The summed E-state index contributed by atoms with van der Waals surface area (Å²) in [5.41, 5.74) is 0. The van der Waals surface area contributed by atoms with Gasteiger partial charge in [-0.25, -0.2) is 4.79 Å². The van der Waals surface area contributed by atoms with Crippen molar-refractivity contribution in [2.45, 2.75) is 19.8 Å². The Morgan fingerprint density at radius 3 is 2.37 bits per heavy atom. The van der Waals surface area contributed by atoms with E-state index >= 15 is 0 Å². The molecule has 0 N–H and O–H groups in total. The van der Waals surface area contributed by atoms with Crippen LogP contribution in [0.3, 0.4) is 0 Å². The van der Waals surface area contributed by atoms with E-state index in [2.05, 4.69) is 4.84 Å². The molecule has 4 amide bonds. The average Bonchev–Trinajstić information content (AvgIpc) is 2.68. The lowest BCUT2D eigenvalue weighted by Crippen LogP contribution is -2.39. The van der Waals surface area contributed by atoms with Crippen molar-refractivity contribution in [3.8, 4) is 0 Å². The van der Waals surface area contributed by atoms with Crippen molar-refractivity contribution in [3.05, 3.63) is 12.2 Å². The third kappa shape index (κ3) is 3.73. The van der Waals surface area contributed by atoms with E-state index in [1.165, 1.54) is 6.08 Å². The quantitative estimate of drug-likeness (QED) is 0.366. The Kier molecular flexibility index (Phi) is 4.92. The second-order valence-corrected chi connectivity index (χ2v) is 3.62. The second kappa shape index (κ2) is 6.43. The van der Waals surface area contributed by atoms with Gasteiger partial charge in [0.25, 0.3) is 17.7 Å². The SMILES string of the molecule is C/C=C\C(=O)N(C=O)CC(=O)ON1C(=O)CCC1=O. The number of allylic oxidation sites excluding steroid dienone is 1. The van der Waals surface area contributed by atoms with Gasteiger partial charge in [0.2, 0.25) is 6.41 Å². The molecule has 0 aromatic carbocycles. The molecule has 19 heavy (non-hydrogen) atoms. The molecular formula is C11H12N2O6. The molecule has 0 radical (unpaired) electrons. The van der Waals surface area contributed by atoms with Gasteiger partial charge in [0.15, 0.2) is 0 Å². The van der Waals surface area contributed by atoms with E-state index in [0.717, 1.165) is 6.08 Å². The maximum absolute atomic E-state index is 11.4. The van der Waals surface area contributed by atoms with Crippen molar-refractivity contribution in [1.82, 2.24) is 9.96 Å². The van der Waals surface area contributed by atoms with E-state index < -0.39 is 30.2 Å². The molecule has 102 valence electrons. The number of carbonyl (C=O) groups is 5. The van der Waals surface area contributed by atoms with Crippen LogP contribution in [0.15, 0.2) is 12.2 Å². The molecule has 1 saturated heterocycles. The molecule has 0 aliphatic carbocycles. The molecule has 1 rings (SSSR count). The van der Waals surface area contributed by atoms with Gasteiger partial charge in [-0.3, -0.25) is 24.1 Å². The highest BCUT2D eigenvalue weighted by Crippen LogP contribution is 2.12. The lowest BCUT2D eigenvalue weighted by atomic mass is 10.4. The first-order valence-electron chi connectivity index (χ1n) is 5.44. The molecule has 1 aliphatic heterocycles. The average molecular weight is 268 g/mol. The summed E-state index contributed by atoms with van der Waals surface area (Å²) < 4.78 is 0. The fourth-order valence-electron chi connectivity index (χ4n) is 1.33. The molecule has 0 aromatic heterocycles. The first-order valence-corrected chi connectivity index (χ1v) is 5.44. The zero-order valence-electron chi connectivity index (χ0n) is 10.2. The molecular weight excluding hydrogens is 256 g/mol. The van der Waals surface area contributed by atoms with Crippen molar-refractivity contribution >= 4 is 30.1 Å². The highest BCUT2D eigenvalue weighted by molar-refractivity contribution is 6.02. The van der Waals surface area contributed by atoms with E-state index in [1.807, 2.05) is 0 Å². The summed E-state index contributed by atoms with van der Waals surface area (Å²) in [6.07, 6.45) is 2.60. The van der Waals surface area contributed by atoms with Crippen molar-refractivity contribution in [1.29, 1.82) is 0 Å². The van der Waals surface area contributed by atoms with Crippen molar-refractivity contribution in [3.63, 3.8) is 0 Å². The lowest BCUT2D eigenvalue weighted by molar-refractivity contribution is -0.198. The van der Waals surface area contributed by atoms with Crippen LogP contribution in [0, 0.1) is 0 Å². The summed E-state index contributed by atoms with van der Waals surface area (Å²) in [4.78, 5) is 60.8. The Morgan fingerprint density at radius 2 is 1.89 bits per heavy atom. The topological polar surface area (TPSA) is 101 Å². The first kappa shape index (κ1) is 14.6. The fraction of sp³-hybridized carbons (Fsp3) is 0.364. The highest BCUT2D eigenvalue weighted by Gasteiger charge is 2.33. The van der Waals surface area contributed by atoms with Gasteiger partial charge < -0.3 is 4.84 Å². The molecule has 0 bridgehead atoms. The number of carbonyl (C=O) groups excluding carboxylic acids is 5. The van der Waals surface area contributed by atoms with E-state index in [4.69, 9.17) is 0 Å². The summed E-state index contributed by atoms with van der Waals surface area (Å²) in [6.45, 7) is 0.893. The molecule has 1 aliphatic rings. The standard InChI is InChI=1S/C11H12N2O6/c1-2-3-8(15)12(7-14)6-11(18)19-13-9(16)4-5-10(13)17/h2-3,7H,4-6H2,1H3/b3-2-. The third-order valence-electron chi connectivity index (χ3n) is 2.22. The Bertz CT molecular complexity index is 440. The van der Waals surface area contributed by atoms with Crippen LogP contribution >= 0.6 is 0 Å². The van der Waals surface area contributed by atoms with Crippen molar-refractivity contribution < 1.29 is 28.8 Å². The van der Waals surface area contributed by atoms with Gasteiger partial charge in [-0.15, -0.1) is 5.06 Å². The second-order valence-electron chi connectivity index (χ2n) is 3.62. The van der Waals surface area contributed by atoms with Crippen LogP contribution < -0.4 is 0 Å². The summed E-state index contributed by atoms with van der Waals surface area (Å²) in [6, 6.07) is 0. The zero-order valence-corrected chi connectivity index (χ0v) is 10.2. The number of hydrogen-bond acceptors (Lipinski definition) is 6. The Morgan fingerprint density at radius 1 is 1.32 bits per heavy atom. The van der Waals surface area contributed by atoms with Crippen LogP contribution in [0.1, 0.15) is 19.8 Å². The summed E-state index contributed by atoms with van der Waals surface area (Å²) in [7, 11) is 0. The number of hydrogen-bond donors (Lipinski definition) is 0. The highest BCUT2D eigenvalue weighted by atomic mass is 16.7. The maximum atomic E-state index is 11.4. The van der Waals surface area contributed by atoms with Crippen molar-refractivity contribution in [2.75, 3.05) is 6.54 Å². The molecule has 8 nitrogen and oxygen atoms in total. The van der Waals surface area contributed by atoms with Gasteiger partial charge in [0.05, 0.1) is 0 Å². The number of rotatable bonds is 5. The van der Waals surface area contributed by atoms with Crippen LogP contribution in [0.4, 0.5) is 0 Å². The van der Waals surface area contributed by atoms with Crippen molar-refractivity contribution in [2.24, 2.45) is 0 Å². The summed E-state index contributed by atoms with van der Waals surface area (Å²) >= 11 is 0. The fourth-order valence-corrected chi connectivity index (χ4v) is 1.33. The van der Waals surface area contributed by atoms with Crippen LogP contribution in [-0.2, 0) is 28.8 Å². The predicted octanol–water partition coefficient (Wildman–Crippen LogP) is -0.845. The largest absolute Gasteiger partial charge is 0.352 e. The minimum Gasteiger partial charge on any atom is -0.328 e. The summed E-state index contributed by atoms with van der Waals surface area (Å²) in [5.74, 6) is -3.01. The molecule has 0 atom stereocenters. The van der Waals surface area contributed by atoms with Gasteiger partial charge in [-0.05, 0) is 13.0 Å². The minimum absolute atomic E-state index is 0.0268. The zero-order chi connectivity index (χ0) is 14.4.